The minimum Gasteiger partial charge on any atom is -0.465 e. The maximum absolute atomic E-state index is 13.0. The molecular formula is C21H19ClN2O3S. The van der Waals surface area contributed by atoms with E-state index in [1.54, 1.807) is 31.2 Å². The van der Waals surface area contributed by atoms with Crippen molar-refractivity contribution in [3.05, 3.63) is 82.1 Å². The van der Waals surface area contributed by atoms with Crippen LogP contribution in [0.3, 0.4) is 0 Å². The number of hydrogen-bond donors (Lipinski definition) is 0. The van der Waals surface area contributed by atoms with Crippen LogP contribution in [0.4, 0.5) is 0 Å². The van der Waals surface area contributed by atoms with Crippen LogP contribution in [-0.2, 0) is 16.1 Å². The number of ether oxygens (including phenoxy) is 1. The fourth-order valence-electron chi connectivity index (χ4n) is 2.76. The van der Waals surface area contributed by atoms with E-state index in [-0.39, 0.29) is 24.7 Å². The van der Waals surface area contributed by atoms with Gasteiger partial charge in [0.2, 0.25) is 0 Å². The van der Waals surface area contributed by atoms with Crippen LogP contribution in [0.5, 0.6) is 0 Å². The van der Waals surface area contributed by atoms with E-state index in [9.17, 15) is 9.59 Å². The van der Waals surface area contributed by atoms with Crippen LogP contribution in [0.2, 0.25) is 5.02 Å². The second-order valence-electron chi connectivity index (χ2n) is 5.92. The van der Waals surface area contributed by atoms with Crippen molar-refractivity contribution in [1.29, 1.82) is 0 Å². The minimum atomic E-state index is -0.645. The van der Waals surface area contributed by atoms with E-state index in [0.29, 0.717) is 21.1 Å². The fourth-order valence-corrected chi connectivity index (χ4v) is 4.03. The van der Waals surface area contributed by atoms with Crippen molar-refractivity contribution in [2.24, 2.45) is 0 Å². The Morgan fingerprint density at radius 1 is 1.32 bits per heavy atom. The standard InChI is InChI=1S/C21H19ClN2O3S/c1-3-12-24-19(25)16-13-15(22)10-11-17(16)23-21(24)28-18(20(26)27-4-2)14-8-6-5-7-9-14/h3,5-11,13,18H,1,4,12H2,2H3/t18-/m0/s1. The average Bonchev–Trinajstić information content (AvgIpc) is 2.70. The number of thioether (sulfide) groups is 1. The molecule has 3 aromatic rings. The molecule has 0 radical (unpaired) electrons. The Morgan fingerprint density at radius 2 is 2.07 bits per heavy atom. The predicted octanol–water partition coefficient (Wildman–Crippen LogP) is 4.63. The van der Waals surface area contributed by atoms with Gasteiger partial charge in [0.05, 0.1) is 17.5 Å². The molecule has 7 heteroatoms. The molecule has 0 fully saturated rings. The first kappa shape index (κ1) is 20.2. The first-order valence-corrected chi connectivity index (χ1v) is 10.00. The second-order valence-corrected chi connectivity index (χ2v) is 7.43. The predicted molar refractivity (Wildman–Crippen MR) is 113 cm³/mol. The molecule has 0 bridgehead atoms. The van der Waals surface area contributed by atoms with E-state index in [4.69, 9.17) is 16.3 Å². The molecule has 0 aliphatic rings. The molecule has 0 amide bonds. The molecule has 1 aromatic heterocycles. The van der Waals surface area contributed by atoms with Crippen LogP contribution in [-0.4, -0.2) is 22.1 Å². The number of rotatable bonds is 7. The van der Waals surface area contributed by atoms with Gasteiger partial charge in [-0.25, -0.2) is 4.98 Å². The molecule has 3 rings (SSSR count). The molecule has 0 aliphatic heterocycles. The largest absolute Gasteiger partial charge is 0.465 e. The van der Waals surface area contributed by atoms with Crippen LogP contribution in [0.1, 0.15) is 17.7 Å². The number of fused-ring (bicyclic) bond motifs is 1. The minimum absolute atomic E-state index is 0.231. The normalized spacial score (nSPS) is 11.9. The second kappa shape index (κ2) is 9.08. The fraction of sp³-hybridized carbons (Fsp3) is 0.190. The van der Waals surface area contributed by atoms with Gasteiger partial charge in [-0.1, -0.05) is 59.8 Å². The third kappa shape index (κ3) is 4.29. The summed E-state index contributed by atoms with van der Waals surface area (Å²) in [5, 5.41) is 0.659. The Kier molecular flexibility index (Phi) is 6.54. The van der Waals surface area contributed by atoms with Gasteiger partial charge in [0, 0.05) is 11.6 Å². The molecule has 0 aliphatic carbocycles. The average molecular weight is 415 g/mol. The Bertz CT molecular complexity index is 1070. The van der Waals surface area contributed by atoms with Gasteiger partial charge in [-0.2, -0.15) is 0 Å². The van der Waals surface area contributed by atoms with Crippen LogP contribution in [0, 0.1) is 0 Å². The van der Waals surface area contributed by atoms with Crippen molar-refractivity contribution in [3.8, 4) is 0 Å². The van der Waals surface area contributed by atoms with Crippen LogP contribution >= 0.6 is 23.4 Å². The molecule has 28 heavy (non-hydrogen) atoms. The topological polar surface area (TPSA) is 61.2 Å². The van der Waals surface area contributed by atoms with Gasteiger partial charge in [0.15, 0.2) is 5.16 Å². The number of carbonyl (C=O) groups is 1. The lowest BCUT2D eigenvalue weighted by Gasteiger charge is -2.18. The lowest BCUT2D eigenvalue weighted by atomic mass is 10.1. The van der Waals surface area contributed by atoms with Crippen molar-refractivity contribution in [3.63, 3.8) is 0 Å². The maximum atomic E-state index is 13.0. The van der Waals surface area contributed by atoms with Crippen LogP contribution in [0.15, 0.2) is 71.1 Å². The van der Waals surface area contributed by atoms with Crippen LogP contribution < -0.4 is 5.56 Å². The Labute approximate surface area is 172 Å². The van der Waals surface area contributed by atoms with Crippen molar-refractivity contribution in [2.45, 2.75) is 23.9 Å². The molecule has 5 nitrogen and oxygen atoms in total. The highest BCUT2D eigenvalue weighted by atomic mass is 35.5. The summed E-state index contributed by atoms with van der Waals surface area (Å²) in [6.07, 6.45) is 1.62. The molecular weight excluding hydrogens is 396 g/mol. The molecule has 1 atom stereocenters. The van der Waals surface area contributed by atoms with E-state index >= 15 is 0 Å². The molecule has 1 heterocycles. The zero-order valence-electron chi connectivity index (χ0n) is 15.3. The van der Waals surface area contributed by atoms with Crippen molar-refractivity contribution in [1.82, 2.24) is 9.55 Å². The summed E-state index contributed by atoms with van der Waals surface area (Å²) in [6, 6.07) is 14.3. The van der Waals surface area contributed by atoms with Gasteiger partial charge >= 0.3 is 5.97 Å². The molecule has 2 aromatic carbocycles. The Hall–Kier alpha value is -2.57. The van der Waals surface area contributed by atoms with Gasteiger partial charge in [0.25, 0.3) is 5.56 Å². The maximum Gasteiger partial charge on any atom is 0.324 e. The monoisotopic (exact) mass is 414 g/mol. The van der Waals surface area contributed by atoms with Gasteiger partial charge in [-0.05, 0) is 30.7 Å². The molecule has 0 saturated carbocycles. The number of nitrogens with zero attached hydrogens (tertiary/aromatic N) is 2. The number of hydrogen-bond acceptors (Lipinski definition) is 5. The van der Waals surface area contributed by atoms with Gasteiger partial charge < -0.3 is 4.74 Å². The summed E-state index contributed by atoms with van der Waals surface area (Å²) in [5.41, 5.74) is 1.07. The molecule has 144 valence electrons. The summed E-state index contributed by atoms with van der Waals surface area (Å²) < 4.78 is 6.74. The SMILES string of the molecule is C=CCn1c(S[C@H](C(=O)OCC)c2ccccc2)nc2ccc(Cl)cc2c1=O. The third-order valence-electron chi connectivity index (χ3n) is 4.02. The quantitative estimate of drug-likeness (QED) is 0.244. The Morgan fingerprint density at radius 3 is 2.75 bits per heavy atom. The highest BCUT2D eigenvalue weighted by molar-refractivity contribution is 8.00. The lowest BCUT2D eigenvalue weighted by molar-refractivity contribution is -0.142. The number of allylic oxidation sites excluding steroid dienone is 1. The van der Waals surface area contributed by atoms with Gasteiger partial charge in [0.1, 0.15) is 5.25 Å². The van der Waals surface area contributed by atoms with Crippen LogP contribution in [0.25, 0.3) is 10.9 Å². The molecule has 0 N–H and O–H groups in total. The summed E-state index contributed by atoms with van der Waals surface area (Å²) in [7, 11) is 0. The number of benzene rings is 2. The zero-order valence-corrected chi connectivity index (χ0v) is 16.9. The highest BCUT2D eigenvalue weighted by Gasteiger charge is 2.26. The summed E-state index contributed by atoms with van der Waals surface area (Å²) in [6.45, 7) is 6.02. The number of aromatic nitrogens is 2. The molecule has 0 saturated heterocycles. The van der Waals surface area contributed by atoms with E-state index in [1.807, 2.05) is 30.3 Å². The summed E-state index contributed by atoms with van der Waals surface area (Å²) in [4.78, 5) is 30.2. The smallest absolute Gasteiger partial charge is 0.324 e. The molecule has 0 unspecified atom stereocenters. The van der Waals surface area contributed by atoms with E-state index < -0.39 is 5.25 Å². The van der Waals surface area contributed by atoms with E-state index in [2.05, 4.69) is 11.6 Å². The van der Waals surface area contributed by atoms with E-state index in [1.165, 1.54) is 16.3 Å². The number of halogens is 1. The zero-order chi connectivity index (χ0) is 20.1. The first-order valence-electron chi connectivity index (χ1n) is 8.74. The third-order valence-corrected chi connectivity index (χ3v) is 5.48. The van der Waals surface area contributed by atoms with Gasteiger partial charge in [-0.15, -0.1) is 6.58 Å². The number of esters is 1. The lowest BCUT2D eigenvalue weighted by Crippen LogP contribution is -2.24. The highest BCUT2D eigenvalue weighted by Crippen LogP contribution is 2.35. The van der Waals surface area contributed by atoms with Crippen molar-refractivity contribution in [2.75, 3.05) is 6.61 Å². The van der Waals surface area contributed by atoms with Crippen molar-refractivity contribution < 1.29 is 9.53 Å². The molecule has 0 spiro atoms. The first-order chi connectivity index (χ1) is 13.5. The van der Waals surface area contributed by atoms with Crippen molar-refractivity contribution >= 4 is 40.2 Å². The van der Waals surface area contributed by atoms with Gasteiger partial charge in [-0.3, -0.25) is 14.2 Å². The summed E-state index contributed by atoms with van der Waals surface area (Å²) in [5.74, 6) is -0.380. The van der Waals surface area contributed by atoms with E-state index in [0.717, 1.165) is 5.56 Å². The number of carbonyl (C=O) groups excluding carboxylic acids is 1. The Balaban J connectivity index is 2.13. The summed E-state index contributed by atoms with van der Waals surface area (Å²) >= 11 is 7.22.